The summed E-state index contributed by atoms with van der Waals surface area (Å²) >= 11 is 0. The Morgan fingerprint density at radius 3 is 1.79 bits per heavy atom. The maximum Gasteiger partial charge on any atom is 0.135 e. The molecule has 11 rings (SSSR count). The summed E-state index contributed by atoms with van der Waals surface area (Å²) in [4.78, 5) is 2.50. The van der Waals surface area contributed by atoms with Crippen LogP contribution in [0.2, 0.25) is 0 Å². The second-order valence-electron chi connectivity index (χ2n) is 15.7. The summed E-state index contributed by atoms with van der Waals surface area (Å²) in [5.41, 5.74) is 17.3. The van der Waals surface area contributed by atoms with Crippen molar-refractivity contribution in [2.24, 2.45) is 0 Å². The largest absolute Gasteiger partial charge is 0.456 e. The molecule has 9 aromatic carbocycles. The Morgan fingerprint density at radius 2 is 1.02 bits per heavy atom. The fourth-order valence-electron chi connectivity index (χ4n) is 9.22. The maximum absolute atomic E-state index is 6.34. The molecule has 1 aliphatic rings. The van der Waals surface area contributed by atoms with Gasteiger partial charge in [0, 0.05) is 33.1 Å². The smallest absolute Gasteiger partial charge is 0.135 e. The quantitative estimate of drug-likeness (QED) is 0.169. The second kappa shape index (κ2) is 13.0. The van der Waals surface area contributed by atoms with Gasteiger partial charge in [-0.05, 0) is 115 Å². The number of para-hydroxylation sites is 1. The van der Waals surface area contributed by atoms with Crippen LogP contribution in [0.5, 0.6) is 0 Å². The number of hydrogen-bond acceptors (Lipinski definition) is 2. The van der Waals surface area contributed by atoms with E-state index in [1.807, 2.05) is 6.07 Å². The minimum Gasteiger partial charge on any atom is -0.456 e. The summed E-state index contributed by atoms with van der Waals surface area (Å²) in [6.07, 6.45) is 0. The summed E-state index contributed by atoms with van der Waals surface area (Å²) in [6.45, 7) is 4.72. The third-order valence-corrected chi connectivity index (χ3v) is 12.0. The minimum atomic E-state index is -0.158. The lowest BCUT2D eigenvalue weighted by Gasteiger charge is -2.31. The van der Waals surface area contributed by atoms with Crippen molar-refractivity contribution in [3.05, 3.63) is 211 Å². The van der Waals surface area contributed by atoms with Crippen molar-refractivity contribution in [3.8, 4) is 44.5 Å². The molecule has 0 N–H and O–H groups in total. The lowest BCUT2D eigenvalue weighted by atomic mass is 9.82. The first-order valence-corrected chi connectivity index (χ1v) is 19.8. The highest BCUT2D eigenvalue weighted by atomic mass is 16.3. The predicted molar refractivity (Wildman–Crippen MR) is 240 cm³/mol. The first-order chi connectivity index (χ1) is 28.0. The molecule has 10 aromatic rings. The average molecular weight is 730 g/mol. The highest BCUT2D eigenvalue weighted by Crippen LogP contribution is 2.52. The van der Waals surface area contributed by atoms with Crippen molar-refractivity contribution in [2.75, 3.05) is 4.90 Å². The Labute approximate surface area is 332 Å². The average Bonchev–Trinajstić information content (AvgIpc) is 3.75. The number of hydrogen-bond donors (Lipinski definition) is 0. The molecular formula is C55H39NO. The van der Waals surface area contributed by atoms with Gasteiger partial charge in [-0.25, -0.2) is 0 Å². The molecule has 0 spiro atoms. The fourth-order valence-corrected chi connectivity index (χ4v) is 9.22. The van der Waals surface area contributed by atoms with Gasteiger partial charge in [0.1, 0.15) is 11.2 Å². The number of rotatable bonds is 6. The lowest BCUT2D eigenvalue weighted by Crippen LogP contribution is -2.17. The van der Waals surface area contributed by atoms with Gasteiger partial charge in [-0.1, -0.05) is 159 Å². The Kier molecular flexibility index (Phi) is 7.55. The van der Waals surface area contributed by atoms with Crippen LogP contribution in [-0.4, -0.2) is 0 Å². The summed E-state index contributed by atoms with van der Waals surface area (Å²) in [7, 11) is 0. The van der Waals surface area contributed by atoms with Gasteiger partial charge in [-0.2, -0.15) is 0 Å². The zero-order valence-electron chi connectivity index (χ0n) is 31.9. The van der Waals surface area contributed by atoms with Crippen molar-refractivity contribution >= 4 is 49.8 Å². The molecule has 0 radical (unpaired) electrons. The van der Waals surface area contributed by atoms with E-state index in [9.17, 15) is 0 Å². The van der Waals surface area contributed by atoms with Crippen molar-refractivity contribution in [1.29, 1.82) is 0 Å². The first-order valence-electron chi connectivity index (χ1n) is 19.8. The summed E-state index contributed by atoms with van der Waals surface area (Å²) in [5, 5.41) is 4.63. The molecule has 0 bridgehead atoms. The van der Waals surface area contributed by atoms with Crippen LogP contribution in [-0.2, 0) is 5.41 Å². The molecule has 1 heterocycles. The molecule has 57 heavy (non-hydrogen) atoms. The van der Waals surface area contributed by atoms with Gasteiger partial charge in [0.15, 0.2) is 0 Å². The molecule has 0 aliphatic heterocycles. The Morgan fingerprint density at radius 1 is 0.386 bits per heavy atom. The van der Waals surface area contributed by atoms with Crippen LogP contribution in [0.3, 0.4) is 0 Å². The van der Waals surface area contributed by atoms with Crippen LogP contribution in [0.4, 0.5) is 17.1 Å². The van der Waals surface area contributed by atoms with Gasteiger partial charge in [-0.3, -0.25) is 0 Å². The molecule has 1 aromatic heterocycles. The van der Waals surface area contributed by atoms with Crippen LogP contribution in [0, 0.1) is 0 Å². The van der Waals surface area contributed by atoms with Gasteiger partial charge >= 0.3 is 0 Å². The highest BCUT2D eigenvalue weighted by molar-refractivity contribution is 6.10. The molecule has 2 nitrogen and oxygen atoms in total. The van der Waals surface area contributed by atoms with Crippen molar-refractivity contribution < 1.29 is 4.42 Å². The van der Waals surface area contributed by atoms with E-state index in [-0.39, 0.29) is 5.41 Å². The number of fused-ring (bicyclic) bond motifs is 7. The second-order valence-corrected chi connectivity index (χ2v) is 15.7. The minimum absolute atomic E-state index is 0.158. The van der Waals surface area contributed by atoms with E-state index in [1.165, 1.54) is 60.8 Å². The van der Waals surface area contributed by atoms with E-state index >= 15 is 0 Å². The summed E-state index contributed by atoms with van der Waals surface area (Å²) in [5.74, 6) is 0. The Balaban J connectivity index is 1.22. The van der Waals surface area contributed by atoms with Gasteiger partial charge in [-0.15, -0.1) is 0 Å². The van der Waals surface area contributed by atoms with Crippen LogP contribution in [0.25, 0.3) is 77.2 Å². The molecule has 0 saturated carbocycles. The van der Waals surface area contributed by atoms with E-state index < -0.39 is 0 Å². The molecule has 0 atom stereocenters. The van der Waals surface area contributed by atoms with Crippen LogP contribution in [0.15, 0.2) is 205 Å². The number of nitrogens with zero attached hydrogens (tertiary/aromatic N) is 1. The van der Waals surface area contributed by atoms with Crippen LogP contribution < -0.4 is 4.90 Å². The van der Waals surface area contributed by atoms with E-state index in [2.05, 4.69) is 213 Å². The molecule has 1 aliphatic carbocycles. The van der Waals surface area contributed by atoms with E-state index in [0.29, 0.717) is 0 Å². The highest BCUT2D eigenvalue weighted by Gasteiger charge is 2.36. The normalized spacial score (nSPS) is 12.9. The number of anilines is 3. The lowest BCUT2D eigenvalue weighted by molar-refractivity contribution is 0.660. The van der Waals surface area contributed by atoms with Crippen molar-refractivity contribution in [1.82, 2.24) is 0 Å². The van der Waals surface area contributed by atoms with Gasteiger partial charge in [0.05, 0.1) is 5.69 Å². The third-order valence-electron chi connectivity index (χ3n) is 12.0. The molecule has 0 amide bonds. The maximum atomic E-state index is 6.34. The summed E-state index contributed by atoms with van der Waals surface area (Å²) in [6, 6.07) is 72.9. The number of furan rings is 1. The monoisotopic (exact) mass is 729 g/mol. The molecule has 0 fully saturated rings. The predicted octanol–water partition coefficient (Wildman–Crippen LogP) is 15.5. The van der Waals surface area contributed by atoms with Crippen molar-refractivity contribution in [3.63, 3.8) is 0 Å². The molecule has 0 saturated heterocycles. The molecule has 270 valence electrons. The zero-order valence-corrected chi connectivity index (χ0v) is 31.9. The van der Waals surface area contributed by atoms with E-state index in [1.54, 1.807) is 0 Å². The summed E-state index contributed by atoms with van der Waals surface area (Å²) < 4.78 is 6.34. The fraction of sp³-hybridized carbons (Fsp3) is 0.0545. The SMILES string of the molecule is CC1(C)c2ccccc2-c2ccc(N(c3cc(-c4ccccc4)cc(-c4ccccc4)c3)c3ccc4ccccc4c3-c3ccc4oc5ccccc5c4c3)cc21. The number of benzene rings is 9. The van der Waals surface area contributed by atoms with Gasteiger partial charge in [0.25, 0.3) is 0 Å². The molecule has 0 unspecified atom stereocenters. The van der Waals surface area contributed by atoms with E-state index in [4.69, 9.17) is 4.42 Å². The zero-order chi connectivity index (χ0) is 38.1. The Bertz CT molecular complexity index is 3100. The van der Waals surface area contributed by atoms with Gasteiger partial charge < -0.3 is 9.32 Å². The van der Waals surface area contributed by atoms with Crippen LogP contribution >= 0.6 is 0 Å². The van der Waals surface area contributed by atoms with Crippen molar-refractivity contribution in [2.45, 2.75) is 19.3 Å². The third kappa shape index (κ3) is 5.40. The van der Waals surface area contributed by atoms with E-state index in [0.717, 1.165) is 44.6 Å². The molecule has 2 heteroatoms. The van der Waals surface area contributed by atoms with Crippen LogP contribution in [0.1, 0.15) is 25.0 Å². The standard InChI is InChI=1S/C55H39NO/c1-55(2)49-23-13-11-21-45(49)46-28-27-42(35-50(46)55)56(43-32-40(36-15-5-3-6-16-36)31-41(33-43)37-17-7-4-8-18-37)51-29-25-38-19-9-10-20-44(38)54(51)39-26-30-53-48(34-39)47-22-12-14-24-52(47)57-53/h3-35H,1-2H3. The topological polar surface area (TPSA) is 16.4 Å². The molecular weight excluding hydrogens is 691 g/mol. The Hall–Kier alpha value is -7.16. The first kappa shape index (κ1) is 33.2. The van der Waals surface area contributed by atoms with Gasteiger partial charge in [0.2, 0.25) is 0 Å².